The molecule has 0 saturated carbocycles. The number of anilines is 1. The Hall–Kier alpha value is -3.54. The van der Waals surface area contributed by atoms with Crippen LogP contribution in [0.25, 0.3) is 0 Å². The molecule has 1 heterocycles. The fourth-order valence-electron chi connectivity index (χ4n) is 3.90. The third-order valence-corrected chi connectivity index (χ3v) is 5.36. The zero-order valence-corrected chi connectivity index (χ0v) is 16.9. The fraction of sp³-hybridized carbons (Fsp3) is 0.208. The molecular weight excluding hydrogens is 383 g/mol. The van der Waals surface area contributed by atoms with Crippen molar-refractivity contribution in [1.82, 2.24) is 4.90 Å². The number of fused-ring (bicyclic) bond motifs is 1. The molecule has 0 spiro atoms. The number of rotatable bonds is 4. The lowest BCUT2D eigenvalue weighted by atomic mass is 9.88. The molecule has 0 aromatic heterocycles. The summed E-state index contributed by atoms with van der Waals surface area (Å²) >= 11 is 0. The summed E-state index contributed by atoms with van der Waals surface area (Å²) in [7, 11) is 3.12. The van der Waals surface area contributed by atoms with E-state index >= 15 is 0 Å². The predicted molar refractivity (Wildman–Crippen MR) is 114 cm³/mol. The van der Waals surface area contributed by atoms with E-state index in [2.05, 4.69) is 11.4 Å². The normalized spacial score (nSPS) is 15.3. The summed E-state index contributed by atoms with van der Waals surface area (Å²) in [5.74, 6) is 0.824. The van der Waals surface area contributed by atoms with Gasteiger partial charge in [-0.1, -0.05) is 36.4 Å². The minimum Gasteiger partial charge on any atom is -0.493 e. The number of nitrogens with zero attached hydrogens (tertiary/aromatic N) is 1. The van der Waals surface area contributed by atoms with E-state index in [-0.39, 0.29) is 17.9 Å². The first-order valence-corrected chi connectivity index (χ1v) is 9.73. The van der Waals surface area contributed by atoms with E-state index in [9.17, 15) is 9.18 Å². The highest BCUT2D eigenvalue weighted by Crippen LogP contribution is 2.36. The van der Waals surface area contributed by atoms with Crippen molar-refractivity contribution in [3.8, 4) is 11.5 Å². The molecule has 0 unspecified atom stereocenters. The van der Waals surface area contributed by atoms with Gasteiger partial charge in [0, 0.05) is 18.3 Å². The first kappa shape index (κ1) is 19.8. The summed E-state index contributed by atoms with van der Waals surface area (Å²) in [6.45, 7) is 0.554. The average Bonchev–Trinajstić information content (AvgIpc) is 2.78. The maximum Gasteiger partial charge on any atom is 0.322 e. The van der Waals surface area contributed by atoms with Crippen LogP contribution in [0.2, 0.25) is 0 Å². The summed E-state index contributed by atoms with van der Waals surface area (Å²) in [6, 6.07) is 19.1. The van der Waals surface area contributed by atoms with E-state index in [0.717, 1.165) is 17.5 Å². The second kappa shape index (κ2) is 8.45. The highest BCUT2D eigenvalue weighted by Gasteiger charge is 2.32. The van der Waals surface area contributed by atoms with Gasteiger partial charge in [0.25, 0.3) is 0 Å². The number of halogens is 1. The van der Waals surface area contributed by atoms with Crippen LogP contribution in [0.3, 0.4) is 0 Å². The molecule has 0 aliphatic carbocycles. The number of hydrogen-bond donors (Lipinski definition) is 1. The minimum atomic E-state index is -0.302. The van der Waals surface area contributed by atoms with Crippen molar-refractivity contribution in [3.05, 3.63) is 89.2 Å². The number of carbonyl (C=O) groups is 1. The van der Waals surface area contributed by atoms with Crippen molar-refractivity contribution >= 4 is 11.7 Å². The number of amides is 2. The molecule has 5 nitrogen and oxygen atoms in total. The van der Waals surface area contributed by atoms with Crippen LogP contribution in [-0.4, -0.2) is 31.7 Å². The first-order chi connectivity index (χ1) is 14.6. The molecule has 1 N–H and O–H groups in total. The Morgan fingerprint density at radius 3 is 2.47 bits per heavy atom. The number of hydrogen-bond acceptors (Lipinski definition) is 3. The molecule has 1 atom stereocenters. The Bertz CT molecular complexity index is 1050. The van der Waals surface area contributed by atoms with E-state index in [1.54, 1.807) is 49.5 Å². The van der Waals surface area contributed by atoms with Gasteiger partial charge in [-0.15, -0.1) is 0 Å². The van der Waals surface area contributed by atoms with Crippen molar-refractivity contribution in [2.75, 3.05) is 26.1 Å². The Morgan fingerprint density at radius 1 is 1.00 bits per heavy atom. The molecule has 3 aromatic rings. The van der Waals surface area contributed by atoms with Gasteiger partial charge in [0.05, 0.1) is 20.3 Å². The number of benzene rings is 3. The van der Waals surface area contributed by atoms with E-state index in [4.69, 9.17) is 9.47 Å². The van der Waals surface area contributed by atoms with Crippen LogP contribution in [0.4, 0.5) is 14.9 Å². The number of ether oxygens (including phenoxy) is 2. The van der Waals surface area contributed by atoms with Crippen LogP contribution in [0.15, 0.2) is 66.7 Å². The van der Waals surface area contributed by atoms with E-state index in [1.165, 1.54) is 17.7 Å². The standard InChI is InChI=1S/C24H23FN2O3/c1-29-21-12-11-19(15-22(21)30-2)26-24(28)27-14-13-16-5-3-4-6-20(16)23(27)17-7-9-18(25)10-8-17/h3-12,15,23H,13-14H2,1-2H3,(H,26,28)/t23-/m0/s1. The molecule has 3 aromatic carbocycles. The highest BCUT2D eigenvalue weighted by molar-refractivity contribution is 5.90. The number of urea groups is 1. The fourth-order valence-corrected chi connectivity index (χ4v) is 3.90. The Morgan fingerprint density at radius 2 is 1.73 bits per heavy atom. The van der Waals surface area contributed by atoms with E-state index in [1.807, 2.05) is 18.2 Å². The maximum atomic E-state index is 13.5. The van der Waals surface area contributed by atoms with Gasteiger partial charge in [-0.2, -0.15) is 0 Å². The predicted octanol–water partition coefficient (Wildman–Crippen LogP) is 5.02. The number of carbonyl (C=O) groups excluding carboxylic acids is 1. The minimum absolute atomic E-state index is 0.231. The van der Waals surface area contributed by atoms with Crippen LogP contribution >= 0.6 is 0 Å². The second-order valence-electron chi connectivity index (χ2n) is 7.10. The molecule has 0 bridgehead atoms. The molecule has 6 heteroatoms. The summed E-state index contributed by atoms with van der Waals surface area (Å²) < 4.78 is 24.1. The van der Waals surface area contributed by atoms with Crippen molar-refractivity contribution in [2.24, 2.45) is 0 Å². The lowest BCUT2D eigenvalue weighted by molar-refractivity contribution is 0.194. The van der Waals surface area contributed by atoms with Crippen molar-refractivity contribution in [2.45, 2.75) is 12.5 Å². The third-order valence-electron chi connectivity index (χ3n) is 5.36. The average molecular weight is 406 g/mol. The third kappa shape index (κ3) is 3.81. The summed E-state index contributed by atoms with van der Waals surface area (Å²) in [5, 5.41) is 2.96. The molecule has 4 rings (SSSR count). The number of nitrogens with one attached hydrogen (secondary N) is 1. The molecule has 0 radical (unpaired) electrons. The zero-order chi connectivity index (χ0) is 21.1. The lowest BCUT2D eigenvalue weighted by Gasteiger charge is -2.37. The van der Waals surface area contributed by atoms with Crippen molar-refractivity contribution in [3.63, 3.8) is 0 Å². The molecule has 1 aliphatic heterocycles. The molecular formula is C24H23FN2O3. The smallest absolute Gasteiger partial charge is 0.322 e. The largest absolute Gasteiger partial charge is 0.493 e. The van der Waals surface area contributed by atoms with Crippen molar-refractivity contribution in [1.29, 1.82) is 0 Å². The zero-order valence-electron chi connectivity index (χ0n) is 16.9. The van der Waals surface area contributed by atoms with Crippen molar-refractivity contribution < 1.29 is 18.7 Å². The summed E-state index contributed by atoms with van der Waals surface area (Å²) in [4.78, 5) is 15.0. The number of methoxy groups -OCH3 is 2. The van der Waals surface area contributed by atoms with Crippen LogP contribution in [0.1, 0.15) is 22.7 Å². The van der Waals surface area contributed by atoms with E-state index < -0.39 is 0 Å². The molecule has 154 valence electrons. The highest BCUT2D eigenvalue weighted by atomic mass is 19.1. The van der Waals surface area contributed by atoms with Gasteiger partial charge in [-0.05, 0) is 47.4 Å². The molecule has 0 fully saturated rings. The Balaban J connectivity index is 1.66. The van der Waals surface area contributed by atoms with Gasteiger partial charge in [-0.25, -0.2) is 9.18 Å². The maximum absolute atomic E-state index is 13.5. The molecule has 1 aliphatic rings. The lowest BCUT2D eigenvalue weighted by Crippen LogP contribution is -2.43. The van der Waals surface area contributed by atoms with Gasteiger partial charge in [0.2, 0.25) is 0 Å². The van der Waals surface area contributed by atoms with Gasteiger partial charge < -0.3 is 19.7 Å². The van der Waals surface area contributed by atoms with Crippen LogP contribution in [0, 0.1) is 5.82 Å². The second-order valence-corrected chi connectivity index (χ2v) is 7.10. The van der Waals surface area contributed by atoms with E-state index in [0.29, 0.717) is 23.7 Å². The molecule has 2 amide bonds. The Kier molecular flexibility index (Phi) is 5.57. The van der Waals surface area contributed by atoms with Gasteiger partial charge in [-0.3, -0.25) is 0 Å². The van der Waals surface area contributed by atoms with Gasteiger partial charge >= 0.3 is 6.03 Å². The SMILES string of the molecule is COc1ccc(NC(=O)N2CCc3ccccc3[C@@H]2c2ccc(F)cc2)cc1OC. The molecule has 0 saturated heterocycles. The summed E-state index contributed by atoms with van der Waals surface area (Å²) in [6.07, 6.45) is 0.757. The van der Waals surface area contributed by atoms with Crippen LogP contribution in [-0.2, 0) is 6.42 Å². The monoisotopic (exact) mass is 406 g/mol. The first-order valence-electron chi connectivity index (χ1n) is 9.73. The topological polar surface area (TPSA) is 50.8 Å². The summed E-state index contributed by atoms with van der Waals surface area (Å²) in [5.41, 5.74) is 3.72. The Labute approximate surface area is 175 Å². The van der Waals surface area contributed by atoms with Crippen LogP contribution in [0.5, 0.6) is 11.5 Å². The quantitative estimate of drug-likeness (QED) is 0.662. The molecule has 30 heavy (non-hydrogen) atoms. The van der Waals surface area contributed by atoms with Crippen LogP contribution < -0.4 is 14.8 Å². The van der Waals surface area contributed by atoms with Gasteiger partial charge in [0.1, 0.15) is 5.82 Å². The van der Waals surface area contributed by atoms with Gasteiger partial charge in [0.15, 0.2) is 11.5 Å².